The standard InChI is InChI=1S/C17H20N2O3S2/c1-17(2,3)11-4-6-12(7-5-11)23-10-14(20)18-8-15-19-13(9-24-15)16(21)22/h4-7,9H,8,10H2,1-3H3,(H,18,20)(H,21,22). The molecule has 0 spiro atoms. The van der Waals surface area contributed by atoms with Crippen molar-refractivity contribution in [3.63, 3.8) is 0 Å². The Morgan fingerprint density at radius 3 is 2.46 bits per heavy atom. The van der Waals surface area contributed by atoms with Gasteiger partial charge in [-0.15, -0.1) is 23.1 Å². The first kappa shape index (κ1) is 18.5. The molecule has 0 saturated carbocycles. The number of nitrogens with zero attached hydrogens (tertiary/aromatic N) is 1. The molecular weight excluding hydrogens is 344 g/mol. The molecule has 0 aliphatic heterocycles. The number of rotatable bonds is 6. The second-order valence-electron chi connectivity index (χ2n) is 6.27. The average Bonchev–Trinajstić information content (AvgIpc) is 3.00. The van der Waals surface area contributed by atoms with E-state index in [2.05, 4.69) is 43.2 Å². The Morgan fingerprint density at radius 2 is 1.92 bits per heavy atom. The number of carboxylic acid groups (broad SMARTS) is 1. The Morgan fingerprint density at radius 1 is 1.25 bits per heavy atom. The summed E-state index contributed by atoms with van der Waals surface area (Å²) < 4.78 is 0. The first-order chi connectivity index (χ1) is 11.3. The van der Waals surface area contributed by atoms with Gasteiger partial charge in [0.05, 0.1) is 12.3 Å². The van der Waals surface area contributed by atoms with E-state index in [1.54, 1.807) is 0 Å². The molecule has 5 nitrogen and oxygen atoms in total. The number of carbonyl (C=O) groups is 2. The zero-order chi connectivity index (χ0) is 17.7. The third-order valence-corrected chi connectivity index (χ3v) is 5.16. The van der Waals surface area contributed by atoms with Gasteiger partial charge in [-0.05, 0) is 23.1 Å². The summed E-state index contributed by atoms with van der Waals surface area (Å²) in [6, 6.07) is 8.23. The summed E-state index contributed by atoms with van der Waals surface area (Å²) >= 11 is 2.69. The van der Waals surface area contributed by atoms with Crippen molar-refractivity contribution in [2.24, 2.45) is 0 Å². The van der Waals surface area contributed by atoms with E-state index in [9.17, 15) is 9.59 Å². The minimum Gasteiger partial charge on any atom is -0.476 e. The van der Waals surface area contributed by atoms with Crippen molar-refractivity contribution in [3.05, 3.63) is 45.9 Å². The van der Waals surface area contributed by atoms with E-state index < -0.39 is 5.97 Å². The lowest BCUT2D eigenvalue weighted by Crippen LogP contribution is -2.24. The molecule has 2 aromatic rings. The molecule has 7 heteroatoms. The highest BCUT2D eigenvalue weighted by atomic mass is 32.2. The lowest BCUT2D eigenvalue weighted by Gasteiger charge is -2.19. The average molecular weight is 364 g/mol. The molecule has 1 amide bonds. The summed E-state index contributed by atoms with van der Waals surface area (Å²) in [5, 5.41) is 13.6. The third kappa shape index (κ3) is 5.35. The van der Waals surface area contributed by atoms with Gasteiger partial charge in [0.1, 0.15) is 5.01 Å². The van der Waals surface area contributed by atoms with Crippen LogP contribution in [-0.4, -0.2) is 27.7 Å². The van der Waals surface area contributed by atoms with E-state index in [1.165, 1.54) is 34.0 Å². The minimum absolute atomic E-state index is 0.0116. The van der Waals surface area contributed by atoms with Gasteiger partial charge in [-0.2, -0.15) is 0 Å². The minimum atomic E-state index is -1.06. The first-order valence-electron chi connectivity index (χ1n) is 7.43. The molecule has 2 N–H and O–H groups in total. The molecule has 0 bridgehead atoms. The van der Waals surface area contributed by atoms with E-state index >= 15 is 0 Å². The van der Waals surface area contributed by atoms with Crippen molar-refractivity contribution >= 4 is 35.0 Å². The van der Waals surface area contributed by atoms with Crippen LogP contribution in [0.15, 0.2) is 34.5 Å². The van der Waals surface area contributed by atoms with Crippen LogP contribution >= 0.6 is 23.1 Å². The monoisotopic (exact) mass is 364 g/mol. The number of hydrogen-bond donors (Lipinski definition) is 2. The molecule has 0 saturated heterocycles. The number of hydrogen-bond acceptors (Lipinski definition) is 5. The SMILES string of the molecule is CC(C)(C)c1ccc(SCC(=O)NCc2nc(C(=O)O)cs2)cc1. The van der Waals surface area contributed by atoms with Crippen LogP contribution in [0.25, 0.3) is 0 Å². The summed E-state index contributed by atoms with van der Waals surface area (Å²) in [7, 11) is 0. The maximum Gasteiger partial charge on any atom is 0.355 e. The van der Waals surface area contributed by atoms with Crippen LogP contribution in [0.3, 0.4) is 0 Å². The molecule has 0 aliphatic rings. The lowest BCUT2D eigenvalue weighted by atomic mass is 9.87. The van der Waals surface area contributed by atoms with Crippen molar-refractivity contribution in [1.29, 1.82) is 0 Å². The van der Waals surface area contributed by atoms with Crippen molar-refractivity contribution < 1.29 is 14.7 Å². The molecule has 0 radical (unpaired) electrons. The highest BCUT2D eigenvalue weighted by molar-refractivity contribution is 8.00. The fraction of sp³-hybridized carbons (Fsp3) is 0.353. The topological polar surface area (TPSA) is 79.3 Å². The Bertz CT molecular complexity index is 718. The van der Waals surface area contributed by atoms with Crippen LogP contribution < -0.4 is 5.32 Å². The largest absolute Gasteiger partial charge is 0.476 e. The van der Waals surface area contributed by atoms with Gasteiger partial charge in [0.2, 0.25) is 5.91 Å². The zero-order valence-corrected chi connectivity index (χ0v) is 15.5. The van der Waals surface area contributed by atoms with Crippen molar-refractivity contribution in [1.82, 2.24) is 10.3 Å². The number of benzene rings is 1. The smallest absolute Gasteiger partial charge is 0.355 e. The number of thiazole rings is 1. The van der Waals surface area contributed by atoms with E-state index in [4.69, 9.17) is 5.11 Å². The Kier molecular flexibility index (Phi) is 6.01. The summed E-state index contributed by atoms with van der Waals surface area (Å²) in [6.07, 6.45) is 0. The maximum atomic E-state index is 11.9. The van der Waals surface area contributed by atoms with Crippen LogP contribution in [0.2, 0.25) is 0 Å². The predicted octanol–water partition coefficient (Wildman–Crippen LogP) is 3.55. The normalized spacial score (nSPS) is 11.3. The lowest BCUT2D eigenvalue weighted by molar-refractivity contribution is -0.118. The molecule has 2 rings (SSSR count). The number of aromatic carboxylic acids is 1. The number of carbonyl (C=O) groups excluding carboxylic acids is 1. The second kappa shape index (κ2) is 7.81. The van der Waals surface area contributed by atoms with Crippen LogP contribution in [-0.2, 0) is 16.8 Å². The molecule has 0 atom stereocenters. The number of amides is 1. The van der Waals surface area contributed by atoms with Gasteiger partial charge < -0.3 is 10.4 Å². The highest BCUT2D eigenvalue weighted by Crippen LogP contribution is 2.25. The van der Waals surface area contributed by atoms with Gasteiger partial charge in [-0.3, -0.25) is 4.79 Å². The van der Waals surface area contributed by atoms with E-state index in [1.807, 2.05) is 12.1 Å². The van der Waals surface area contributed by atoms with Gasteiger partial charge in [0, 0.05) is 10.3 Å². The third-order valence-electron chi connectivity index (χ3n) is 3.30. The highest BCUT2D eigenvalue weighted by Gasteiger charge is 2.13. The number of carboxylic acids is 1. The van der Waals surface area contributed by atoms with E-state index in [0.717, 1.165) is 4.90 Å². The second-order valence-corrected chi connectivity index (χ2v) is 8.26. The zero-order valence-electron chi connectivity index (χ0n) is 13.8. The summed E-state index contributed by atoms with van der Waals surface area (Å²) in [6.45, 7) is 6.74. The van der Waals surface area contributed by atoms with Crippen LogP contribution in [0.1, 0.15) is 41.8 Å². The van der Waals surface area contributed by atoms with Crippen molar-refractivity contribution in [2.75, 3.05) is 5.75 Å². The van der Waals surface area contributed by atoms with E-state index in [-0.39, 0.29) is 23.6 Å². The summed E-state index contributed by atoms with van der Waals surface area (Å²) in [5.74, 6) is -0.850. The quantitative estimate of drug-likeness (QED) is 0.766. The molecule has 0 aliphatic carbocycles. The Hall–Kier alpha value is -1.86. The van der Waals surface area contributed by atoms with Crippen LogP contribution in [0.5, 0.6) is 0 Å². The van der Waals surface area contributed by atoms with Gasteiger partial charge in [-0.1, -0.05) is 32.9 Å². The van der Waals surface area contributed by atoms with Crippen LogP contribution in [0.4, 0.5) is 0 Å². The fourth-order valence-corrected chi connectivity index (χ4v) is 3.35. The molecule has 128 valence electrons. The first-order valence-corrected chi connectivity index (χ1v) is 9.30. The fourth-order valence-electron chi connectivity index (χ4n) is 1.92. The van der Waals surface area contributed by atoms with Crippen molar-refractivity contribution in [3.8, 4) is 0 Å². The van der Waals surface area contributed by atoms with Crippen LogP contribution in [0, 0.1) is 0 Å². The molecule has 0 fully saturated rings. The Labute approximate surface area is 149 Å². The predicted molar refractivity (Wildman–Crippen MR) is 96.8 cm³/mol. The van der Waals surface area contributed by atoms with E-state index in [0.29, 0.717) is 10.8 Å². The molecular formula is C17H20N2O3S2. The maximum absolute atomic E-state index is 11.9. The number of thioether (sulfide) groups is 1. The van der Waals surface area contributed by atoms with Gasteiger partial charge >= 0.3 is 5.97 Å². The Balaban J connectivity index is 1.79. The van der Waals surface area contributed by atoms with Gasteiger partial charge in [-0.25, -0.2) is 9.78 Å². The molecule has 24 heavy (non-hydrogen) atoms. The molecule has 0 unspecified atom stereocenters. The summed E-state index contributed by atoms with van der Waals surface area (Å²) in [4.78, 5) is 27.6. The van der Waals surface area contributed by atoms with Gasteiger partial charge in [0.25, 0.3) is 0 Å². The van der Waals surface area contributed by atoms with Gasteiger partial charge in [0.15, 0.2) is 5.69 Å². The summed E-state index contributed by atoms with van der Waals surface area (Å²) in [5.41, 5.74) is 1.38. The number of aromatic nitrogens is 1. The molecule has 1 aromatic heterocycles. The molecule has 1 aromatic carbocycles. The number of nitrogens with one attached hydrogen (secondary N) is 1. The van der Waals surface area contributed by atoms with Crippen molar-refractivity contribution in [2.45, 2.75) is 37.6 Å². The molecule has 1 heterocycles.